The first kappa shape index (κ1) is 19.8. The minimum atomic E-state index is -0.748. The first-order chi connectivity index (χ1) is 13.9. The van der Waals surface area contributed by atoms with Gasteiger partial charge in [0, 0.05) is 10.6 Å². The van der Waals surface area contributed by atoms with E-state index in [1.807, 2.05) is 25.1 Å². The molecule has 0 saturated carbocycles. The molecule has 29 heavy (non-hydrogen) atoms. The van der Waals surface area contributed by atoms with Gasteiger partial charge >= 0.3 is 0 Å². The van der Waals surface area contributed by atoms with Gasteiger partial charge in [-0.1, -0.05) is 37.3 Å². The minimum Gasteiger partial charge on any atom is -0.324 e. The molecule has 0 aliphatic heterocycles. The van der Waals surface area contributed by atoms with Crippen LogP contribution in [0, 0.1) is 12.8 Å². The normalized spacial score (nSPS) is 17.2. The summed E-state index contributed by atoms with van der Waals surface area (Å²) in [5.41, 5.74) is 3.78. The number of rotatable bonds is 4. The van der Waals surface area contributed by atoms with Gasteiger partial charge in [0.15, 0.2) is 4.83 Å². The number of nitrogens with zero attached hydrogens (tertiary/aromatic N) is 3. The predicted molar refractivity (Wildman–Crippen MR) is 117 cm³/mol. The molecule has 1 amide bonds. The van der Waals surface area contributed by atoms with Crippen molar-refractivity contribution in [2.75, 3.05) is 5.32 Å². The van der Waals surface area contributed by atoms with Crippen LogP contribution in [0.3, 0.4) is 0 Å². The van der Waals surface area contributed by atoms with Crippen LogP contribution in [-0.2, 0) is 24.1 Å². The number of nitrogens with one attached hydrogen (secondary N) is 1. The van der Waals surface area contributed by atoms with Gasteiger partial charge in [0.1, 0.15) is 6.04 Å². The van der Waals surface area contributed by atoms with E-state index in [4.69, 9.17) is 0 Å². The van der Waals surface area contributed by atoms with Crippen LogP contribution in [-0.4, -0.2) is 20.9 Å². The molecule has 2 atom stereocenters. The Hall–Kier alpha value is -2.54. The summed E-state index contributed by atoms with van der Waals surface area (Å²) in [4.78, 5) is 28.1. The molecule has 1 aromatic carbocycles. The molecule has 2 aromatic heterocycles. The molecule has 4 rings (SSSR count). The van der Waals surface area contributed by atoms with Gasteiger partial charge in [0.05, 0.1) is 5.39 Å². The number of amides is 1. The molecule has 6 nitrogen and oxygen atoms in total. The number of hydrogen-bond donors (Lipinski definition) is 1. The van der Waals surface area contributed by atoms with Crippen molar-refractivity contribution >= 4 is 33.1 Å². The molecule has 1 aliphatic carbocycles. The number of hydrogen-bond acceptors (Lipinski definition) is 5. The molecule has 2 heterocycles. The number of aryl methyl sites for hydroxylation is 3. The molecule has 0 bridgehead atoms. The Morgan fingerprint density at radius 3 is 2.97 bits per heavy atom. The lowest BCUT2D eigenvalue weighted by Crippen LogP contribution is -2.34. The summed E-state index contributed by atoms with van der Waals surface area (Å²) in [6.07, 6.45) is 3.76. The fourth-order valence-corrected chi connectivity index (χ4v) is 5.38. The van der Waals surface area contributed by atoms with E-state index in [0.29, 0.717) is 16.1 Å². The van der Waals surface area contributed by atoms with E-state index in [2.05, 4.69) is 29.5 Å². The fraction of sp³-hybridized carbons (Fsp3) is 0.455. The van der Waals surface area contributed by atoms with E-state index in [1.54, 1.807) is 18.3 Å². The topological polar surface area (TPSA) is 76.9 Å². The van der Waals surface area contributed by atoms with Crippen LogP contribution in [0.15, 0.2) is 23.0 Å². The Morgan fingerprint density at radius 2 is 2.21 bits per heavy atom. The molecule has 3 aromatic rings. The second kappa shape index (κ2) is 7.71. The molecular weight excluding hydrogens is 384 g/mol. The van der Waals surface area contributed by atoms with Crippen LogP contribution >= 0.6 is 11.3 Å². The fourth-order valence-electron chi connectivity index (χ4n) is 4.07. The third-order valence-corrected chi connectivity index (χ3v) is 7.02. The molecule has 0 saturated heterocycles. The lowest BCUT2D eigenvalue weighted by atomic mass is 9.89. The van der Waals surface area contributed by atoms with Crippen LogP contribution in [0.5, 0.6) is 0 Å². The summed E-state index contributed by atoms with van der Waals surface area (Å²) in [7, 11) is 0. The van der Waals surface area contributed by atoms with E-state index < -0.39 is 6.04 Å². The summed E-state index contributed by atoms with van der Waals surface area (Å²) in [6.45, 7) is 7.95. The quantitative estimate of drug-likeness (QED) is 0.704. The van der Waals surface area contributed by atoms with Crippen molar-refractivity contribution in [2.24, 2.45) is 5.92 Å². The SMILES string of the molecule is CCc1cccc(C)c1NC(=O)C(C)n1nnc2sc3c(c2c1=O)CCC(C)C3. The molecule has 1 aliphatic rings. The largest absolute Gasteiger partial charge is 0.324 e. The molecule has 0 spiro atoms. The monoisotopic (exact) mass is 410 g/mol. The Bertz CT molecular complexity index is 1150. The summed E-state index contributed by atoms with van der Waals surface area (Å²) >= 11 is 1.57. The summed E-state index contributed by atoms with van der Waals surface area (Å²) in [5, 5.41) is 12.0. The summed E-state index contributed by atoms with van der Waals surface area (Å²) in [5.74, 6) is 0.361. The highest BCUT2D eigenvalue weighted by atomic mass is 32.1. The number of anilines is 1. The van der Waals surface area contributed by atoms with Gasteiger partial charge in [-0.3, -0.25) is 9.59 Å². The molecule has 1 N–H and O–H groups in total. The third kappa shape index (κ3) is 3.48. The van der Waals surface area contributed by atoms with E-state index in [0.717, 1.165) is 48.1 Å². The van der Waals surface area contributed by atoms with Crippen LogP contribution < -0.4 is 10.9 Å². The lowest BCUT2D eigenvalue weighted by Gasteiger charge is -2.18. The van der Waals surface area contributed by atoms with E-state index >= 15 is 0 Å². The maximum atomic E-state index is 13.2. The summed E-state index contributed by atoms with van der Waals surface area (Å²) < 4.78 is 1.23. The third-order valence-electron chi connectivity index (χ3n) is 5.88. The average Bonchev–Trinajstić information content (AvgIpc) is 3.07. The van der Waals surface area contributed by atoms with Crippen LogP contribution in [0.2, 0.25) is 0 Å². The number of thiophene rings is 1. The number of benzene rings is 1. The number of carbonyl (C=O) groups is 1. The number of para-hydroxylation sites is 1. The van der Waals surface area contributed by atoms with Gasteiger partial charge in [0.2, 0.25) is 5.91 Å². The molecule has 2 unspecified atom stereocenters. The van der Waals surface area contributed by atoms with E-state index in [9.17, 15) is 9.59 Å². The zero-order valence-corrected chi connectivity index (χ0v) is 18.1. The highest BCUT2D eigenvalue weighted by Gasteiger charge is 2.26. The van der Waals surface area contributed by atoms with Gasteiger partial charge in [-0.25, -0.2) is 0 Å². The Kier molecular flexibility index (Phi) is 5.25. The van der Waals surface area contributed by atoms with Crippen LogP contribution in [0.4, 0.5) is 5.69 Å². The summed E-state index contributed by atoms with van der Waals surface area (Å²) in [6, 6.07) is 5.21. The molecule has 0 fully saturated rings. The van der Waals surface area contributed by atoms with Gasteiger partial charge in [0.25, 0.3) is 5.56 Å². The molecule has 152 valence electrons. The Labute approximate surface area is 173 Å². The van der Waals surface area contributed by atoms with Crippen molar-refractivity contribution in [3.8, 4) is 0 Å². The smallest absolute Gasteiger partial charge is 0.279 e. The van der Waals surface area contributed by atoms with Crippen molar-refractivity contribution in [1.29, 1.82) is 0 Å². The average molecular weight is 411 g/mol. The standard InChI is InChI=1S/C22H26N4O2S/c1-5-15-8-6-7-13(3)19(15)23-20(27)14(4)26-22(28)18-16-10-9-12(2)11-17(16)29-21(18)24-25-26/h6-8,12,14H,5,9-11H2,1-4H3,(H,23,27). The van der Waals surface area contributed by atoms with Gasteiger partial charge in [-0.2, -0.15) is 4.68 Å². The first-order valence-electron chi connectivity index (χ1n) is 10.2. The van der Waals surface area contributed by atoms with Gasteiger partial charge in [-0.05, 0) is 62.1 Å². The van der Waals surface area contributed by atoms with Crippen LogP contribution in [0.1, 0.15) is 54.8 Å². The van der Waals surface area contributed by atoms with Gasteiger partial charge in [-0.15, -0.1) is 16.4 Å². The number of aromatic nitrogens is 3. The molecular formula is C22H26N4O2S. The maximum Gasteiger partial charge on any atom is 0.279 e. The minimum absolute atomic E-state index is 0.217. The highest BCUT2D eigenvalue weighted by molar-refractivity contribution is 7.18. The van der Waals surface area contributed by atoms with E-state index in [-0.39, 0.29) is 11.5 Å². The number of carbonyl (C=O) groups excluding carboxylic acids is 1. The Morgan fingerprint density at radius 1 is 1.41 bits per heavy atom. The predicted octanol–water partition coefficient (Wildman–Crippen LogP) is 4.05. The zero-order chi connectivity index (χ0) is 20.7. The Balaban J connectivity index is 1.69. The van der Waals surface area contributed by atoms with Crippen molar-refractivity contribution in [1.82, 2.24) is 15.0 Å². The zero-order valence-electron chi connectivity index (χ0n) is 17.3. The van der Waals surface area contributed by atoms with Crippen molar-refractivity contribution in [3.63, 3.8) is 0 Å². The molecule has 0 radical (unpaired) electrons. The first-order valence-corrected chi connectivity index (χ1v) is 11.0. The molecule has 7 heteroatoms. The highest BCUT2D eigenvalue weighted by Crippen LogP contribution is 2.35. The second-order valence-electron chi connectivity index (χ2n) is 8.00. The lowest BCUT2D eigenvalue weighted by molar-refractivity contribution is -0.119. The van der Waals surface area contributed by atoms with Crippen LogP contribution in [0.25, 0.3) is 10.2 Å². The maximum absolute atomic E-state index is 13.2. The number of fused-ring (bicyclic) bond motifs is 3. The van der Waals surface area contributed by atoms with Gasteiger partial charge < -0.3 is 5.32 Å². The van der Waals surface area contributed by atoms with Crippen molar-refractivity contribution in [2.45, 2.75) is 59.4 Å². The van der Waals surface area contributed by atoms with E-state index in [1.165, 1.54) is 9.56 Å². The van der Waals surface area contributed by atoms with Crippen molar-refractivity contribution in [3.05, 3.63) is 50.1 Å². The second-order valence-corrected chi connectivity index (χ2v) is 9.08. The van der Waals surface area contributed by atoms with Crippen molar-refractivity contribution < 1.29 is 4.79 Å².